The summed E-state index contributed by atoms with van der Waals surface area (Å²) in [7, 11) is 0. The number of esters is 2. The number of aliphatic hydroxyl groups is 2. The summed E-state index contributed by atoms with van der Waals surface area (Å²) in [5.74, 6) is -0.984. The Labute approximate surface area is 119 Å². The van der Waals surface area contributed by atoms with Crippen molar-refractivity contribution in [2.75, 3.05) is 13.2 Å². The molecule has 0 heterocycles. The van der Waals surface area contributed by atoms with E-state index in [2.05, 4.69) is 13.2 Å². The Morgan fingerprint density at radius 2 is 1.50 bits per heavy atom. The summed E-state index contributed by atoms with van der Waals surface area (Å²) in [6, 6.07) is 0. The average Bonchev–Trinajstić information content (AvgIpc) is 2.36. The molecule has 0 aromatic carbocycles. The van der Waals surface area contributed by atoms with Gasteiger partial charge in [0, 0.05) is 11.1 Å². The van der Waals surface area contributed by atoms with E-state index in [0.29, 0.717) is 11.1 Å². The van der Waals surface area contributed by atoms with Crippen LogP contribution in [-0.4, -0.2) is 47.6 Å². The lowest BCUT2D eigenvalue weighted by atomic mass is 10.3. The van der Waals surface area contributed by atoms with E-state index in [1.54, 1.807) is 20.8 Å². The van der Waals surface area contributed by atoms with Gasteiger partial charge in [0.2, 0.25) is 0 Å². The van der Waals surface area contributed by atoms with E-state index >= 15 is 0 Å². The molecular formula is C14H24O6. The Kier molecular flexibility index (Phi) is 11.6. The van der Waals surface area contributed by atoms with Gasteiger partial charge in [-0.25, -0.2) is 9.59 Å². The van der Waals surface area contributed by atoms with E-state index in [1.807, 2.05) is 0 Å². The van der Waals surface area contributed by atoms with E-state index in [9.17, 15) is 9.59 Å². The van der Waals surface area contributed by atoms with Crippen LogP contribution in [0.2, 0.25) is 0 Å². The quantitative estimate of drug-likeness (QED) is 0.559. The van der Waals surface area contributed by atoms with Gasteiger partial charge in [0.05, 0.1) is 12.7 Å². The van der Waals surface area contributed by atoms with Crippen molar-refractivity contribution >= 4 is 11.9 Å². The number of aliphatic hydroxyl groups excluding tert-OH is 2. The van der Waals surface area contributed by atoms with Gasteiger partial charge in [0.15, 0.2) is 0 Å². The third kappa shape index (κ3) is 12.8. The van der Waals surface area contributed by atoms with Crippen molar-refractivity contribution in [3.8, 4) is 0 Å². The van der Waals surface area contributed by atoms with Gasteiger partial charge in [-0.15, -0.1) is 0 Å². The molecular weight excluding hydrogens is 264 g/mol. The molecule has 2 N–H and O–H groups in total. The summed E-state index contributed by atoms with van der Waals surface area (Å²) >= 11 is 0. The summed E-state index contributed by atoms with van der Waals surface area (Å²) in [5.41, 5.74) is 0.626. The van der Waals surface area contributed by atoms with Crippen molar-refractivity contribution in [3.05, 3.63) is 24.3 Å². The molecule has 6 nitrogen and oxygen atoms in total. The minimum absolute atomic E-state index is 0.0186. The Morgan fingerprint density at radius 3 is 1.80 bits per heavy atom. The van der Waals surface area contributed by atoms with Crippen LogP contribution in [-0.2, 0) is 19.1 Å². The lowest BCUT2D eigenvalue weighted by molar-refractivity contribution is -0.152. The lowest BCUT2D eigenvalue weighted by Crippen LogP contribution is -2.22. The molecule has 0 amide bonds. The van der Waals surface area contributed by atoms with Gasteiger partial charge in [-0.05, 0) is 27.7 Å². The van der Waals surface area contributed by atoms with Crippen molar-refractivity contribution in [2.24, 2.45) is 0 Å². The first kappa shape index (κ1) is 20.7. The number of hydrogen-bond donors (Lipinski definition) is 2. The second-order valence-electron chi connectivity index (χ2n) is 4.41. The van der Waals surface area contributed by atoms with Gasteiger partial charge in [-0.3, -0.25) is 0 Å². The maximum Gasteiger partial charge on any atom is 0.333 e. The van der Waals surface area contributed by atoms with Crippen molar-refractivity contribution in [3.63, 3.8) is 0 Å². The fraction of sp³-hybridized carbons (Fsp3) is 0.571. The van der Waals surface area contributed by atoms with Crippen LogP contribution < -0.4 is 0 Å². The third-order valence-electron chi connectivity index (χ3n) is 1.72. The smallest absolute Gasteiger partial charge is 0.333 e. The van der Waals surface area contributed by atoms with Crippen LogP contribution in [0.3, 0.4) is 0 Å². The van der Waals surface area contributed by atoms with E-state index in [0.717, 1.165) is 0 Å². The highest BCUT2D eigenvalue weighted by Crippen LogP contribution is 2.00. The van der Waals surface area contributed by atoms with E-state index < -0.39 is 24.1 Å². The number of rotatable bonds is 6. The summed E-state index contributed by atoms with van der Waals surface area (Å²) in [4.78, 5) is 22.0. The largest absolute Gasteiger partial charge is 0.458 e. The predicted octanol–water partition coefficient (Wildman–Crippen LogP) is 0.973. The molecule has 2 unspecified atom stereocenters. The molecule has 6 heteroatoms. The minimum Gasteiger partial charge on any atom is -0.458 e. The van der Waals surface area contributed by atoms with Gasteiger partial charge < -0.3 is 19.7 Å². The summed E-state index contributed by atoms with van der Waals surface area (Å²) < 4.78 is 9.70. The van der Waals surface area contributed by atoms with Gasteiger partial charge in [0.25, 0.3) is 0 Å². The Balaban J connectivity index is 0. The van der Waals surface area contributed by atoms with E-state index in [1.165, 1.54) is 6.92 Å². The first-order chi connectivity index (χ1) is 9.11. The molecule has 0 saturated carbocycles. The Hall–Kier alpha value is -1.66. The topological polar surface area (TPSA) is 93.1 Å². The summed E-state index contributed by atoms with van der Waals surface area (Å²) in [6.07, 6.45) is -1.05. The van der Waals surface area contributed by atoms with Crippen LogP contribution in [0.4, 0.5) is 0 Å². The zero-order chi connectivity index (χ0) is 16.3. The molecule has 0 rings (SSSR count). The SMILES string of the molecule is C=C(C)C(=O)OCC(C)OC(=O)C(=C)C.CC(O)CO. The molecule has 0 saturated heterocycles. The maximum absolute atomic E-state index is 11.1. The lowest BCUT2D eigenvalue weighted by Gasteiger charge is -2.13. The highest BCUT2D eigenvalue weighted by molar-refractivity contribution is 5.87. The standard InChI is InChI=1S/C11H16O4.C3H8O2/c1-7(2)10(12)14-6-9(5)15-11(13)8(3)4;1-3(5)2-4/h9H,1,3,6H2,2,4-5H3;3-5H,2H2,1H3. The second kappa shape index (κ2) is 11.2. The van der Waals surface area contributed by atoms with Gasteiger partial charge >= 0.3 is 11.9 Å². The number of hydrogen-bond acceptors (Lipinski definition) is 6. The highest BCUT2D eigenvalue weighted by Gasteiger charge is 2.12. The molecule has 0 radical (unpaired) electrons. The van der Waals surface area contributed by atoms with E-state index in [4.69, 9.17) is 19.7 Å². The summed E-state index contributed by atoms with van der Waals surface area (Å²) in [5, 5.41) is 16.0. The highest BCUT2D eigenvalue weighted by atomic mass is 16.6. The van der Waals surface area contributed by atoms with Crippen LogP contribution in [0.5, 0.6) is 0 Å². The molecule has 0 aromatic rings. The monoisotopic (exact) mass is 288 g/mol. The minimum atomic E-state index is -0.560. The number of carbonyl (C=O) groups is 2. The normalized spacial score (nSPS) is 12.3. The predicted molar refractivity (Wildman–Crippen MR) is 74.9 cm³/mol. The fourth-order valence-electron chi connectivity index (χ4n) is 0.634. The molecule has 20 heavy (non-hydrogen) atoms. The average molecular weight is 288 g/mol. The van der Waals surface area contributed by atoms with Crippen molar-refractivity contribution in [1.82, 2.24) is 0 Å². The molecule has 0 bridgehead atoms. The molecule has 0 spiro atoms. The Bertz CT molecular complexity index is 346. The van der Waals surface area contributed by atoms with Crippen molar-refractivity contribution in [1.29, 1.82) is 0 Å². The molecule has 0 aromatic heterocycles. The zero-order valence-corrected chi connectivity index (χ0v) is 12.5. The first-order valence-corrected chi connectivity index (χ1v) is 6.09. The van der Waals surface area contributed by atoms with Crippen LogP contribution in [0.15, 0.2) is 24.3 Å². The fourth-order valence-corrected chi connectivity index (χ4v) is 0.634. The van der Waals surface area contributed by atoms with Gasteiger partial charge in [-0.2, -0.15) is 0 Å². The molecule has 2 atom stereocenters. The molecule has 116 valence electrons. The van der Waals surface area contributed by atoms with Crippen molar-refractivity contribution in [2.45, 2.75) is 39.9 Å². The first-order valence-electron chi connectivity index (χ1n) is 6.09. The number of carbonyl (C=O) groups excluding carboxylic acids is 2. The van der Waals surface area contributed by atoms with Crippen LogP contribution in [0.1, 0.15) is 27.7 Å². The number of ether oxygens (including phenoxy) is 2. The Morgan fingerprint density at radius 1 is 1.10 bits per heavy atom. The van der Waals surface area contributed by atoms with Crippen LogP contribution in [0, 0.1) is 0 Å². The van der Waals surface area contributed by atoms with Gasteiger partial charge in [-0.1, -0.05) is 13.2 Å². The summed E-state index contributed by atoms with van der Waals surface area (Å²) in [6.45, 7) is 13.0. The molecule has 0 fully saturated rings. The van der Waals surface area contributed by atoms with Crippen molar-refractivity contribution < 1.29 is 29.3 Å². The van der Waals surface area contributed by atoms with Gasteiger partial charge in [0.1, 0.15) is 12.7 Å². The van der Waals surface area contributed by atoms with Crippen LogP contribution in [0.25, 0.3) is 0 Å². The van der Waals surface area contributed by atoms with Crippen LogP contribution >= 0.6 is 0 Å². The second-order valence-corrected chi connectivity index (χ2v) is 4.41. The molecule has 0 aliphatic carbocycles. The third-order valence-corrected chi connectivity index (χ3v) is 1.72. The maximum atomic E-state index is 11.1. The molecule has 0 aliphatic rings. The zero-order valence-electron chi connectivity index (χ0n) is 12.5. The molecule has 0 aliphatic heterocycles. The van der Waals surface area contributed by atoms with E-state index in [-0.39, 0.29) is 13.2 Å².